The lowest BCUT2D eigenvalue weighted by molar-refractivity contribution is -0.119. The Morgan fingerprint density at radius 1 is 0.931 bits per heavy atom. The summed E-state index contributed by atoms with van der Waals surface area (Å²) in [5, 5.41) is 0. The van der Waals surface area contributed by atoms with Crippen LogP contribution in [-0.2, 0) is 4.79 Å². The summed E-state index contributed by atoms with van der Waals surface area (Å²) >= 11 is 0. The summed E-state index contributed by atoms with van der Waals surface area (Å²) < 4.78 is 0. The van der Waals surface area contributed by atoms with Crippen LogP contribution in [0.15, 0.2) is 42.6 Å². The normalized spacial score (nSPS) is 17.4. The average Bonchev–Trinajstić information content (AvgIpc) is 2.79. The van der Waals surface area contributed by atoms with E-state index in [0.717, 1.165) is 38.4 Å². The fourth-order valence-corrected chi connectivity index (χ4v) is 3.93. The third-order valence-electron chi connectivity index (χ3n) is 5.72. The molecule has 2 fully saturated rings. The van der Waals surface area contributed by atoms with Crippen LogP contribution in [0.2, 0.25) is 0 Å². The van der Waals surface area contributed by atoms with Gasteiger partial charge in [0.15, 0.2) is 0 Å². The molecule has 0 spiro atoms. The van der Waals surface area contributed by atoms with Crippen LogP contribution in [0.25, 0.3) is 0 Å². The molecule has 2 aromatic rings. The quantitative estimate of drug-likeness (QED) is 0.739. The summed E-state index contributed by atoms with van der Waals surface area (Å²) in [5.41, 5.74) is 3.15. The van der Waals surface area contributed by atoms with Crippen molar-refractivity contribution in [2.24, 2.45) is 0 Å². The van der Waals surface area contributed by atoms with E-state index in [9.17, 15) is 9.59 Å². The number of aromatic nitrogens is 1. The molecule has 0 aliphatic carbocycles. The van der Waals surface area contributed by atoms with Gasteiger partial charge in [0.2, 0.25) is 6.41 Å². The fraction of sp³-hybridized carbons (Fsp3) is 0.409. The van der Waals surface area contributed by atoms with E-state index in [1.807, 2.05) is 12.1 Å². The maximum absolute atomic E-state index is 12.7. The Morgan fingerprint density at radius 2 is 1.66 bits per heavy atom. The van der Waals surface area contributed by atoms with Crippen LogP contribution in [0.5, 0.6) is 0 Å². The summed E-state index contributed by atoms with van der Waals surface area (Å²) in [6, 6.07) is 12.4. The Bertz CT molecular complexity index is 854. The highest BCUT2D eigenvalue weighted by Gasteiger charge is 2.22. The van der Waals surface area contributed by atoms with Crippen LogP contribution in [0.1, 0.15) is 15.9 Å². The number of aryl methyl sites for hydroxylation is 1. The topological polar surface area (TPSA) is 60.0 Å². The van der Waals surface area contributed by atoms with E-state index in [0.29, 0.717) is 31.7 Å². The minimum Gasteiger partial charge on any atom is -0.368 e. The van der Waals surface area contributed by atoms with Gasteiger partial charge in [-0.3, -0.25) is 9.59 Å². The van der Waals surface area contributed by atoms with Crippen molar-refractivity contribution in [3.8, 4) is 0 Å². The number of nitrogens with zero attached hydrogens (tertiary/aromatic N) is 5. The number of hydrogen-bond acceptors (Lipinski definition) is 5. The largest absolute Gasteiger partial charge is 0.368 e. The molecule has 0 unspecified atom stereocenters. The predicted octanol–water partition coefficient (Wildman–Crippen LogP) is 1.63. The van der Waals surface area contributed by atoms with Crippen LogP contribution in [0.4, 0.5) is 11.5 Å². The third-order valence-corrected chi connectivity index (χ3v) is 5.72. The highest BCUT2D eigenvalue weighted by atomic mass is 16.2. The van der Waals surface area contributed by atoms with Gasteiger partial charge in [0.05, 0.1) is 5.56 Å². The Balaban J connectivity index is 1.34. The van der Waals surface area contributed by atoms with Crippen molar-refractivity contribution in [1.29, 1.82) is 0 Å². The number of carbonyl (C=O) groups excluding carboxylic acids is 2. The van der Waals surface area contributed by atoms with E-state index >= 15 is 0 Å². The van der Waals surface area contributed by atoms with Gasteiger partial charge < -0.3 is 19.6 Å². The number of carbonyl (C=O) groups is 2. The van der Waals surface area contributed by atoms with Gasteiger partial charge in [-0.15, -0.1) is 0 Å². The molecule has 0 N–H and O–H groups in total. The van der Waals surface area contributed by atoms with Crippen molar-refractivity contribution >= 4 is 23.8 Å². The Morgan fingerprint density at radius 3 is 2.28 bits per heavy atom. The van der Waals surface area contributed by atoms with Gasteiger partial charge in [-0.2, -0.15) is 0 Å². The van der Waals surface area contributed by atoms with Gasteiger partial charge in [0.25, 0.3) is 5.91 Å². The summed E-state index contributed by atoms with van der Waals surface area (Å²) in [5.74, 6) is 0.898. The lowest BCUT2D eigenvalue weighted by atomic mass is 10.2. The molecule has 1 aromatic heterocycles. The standard InChI is InChI=1S/C22H27N5O2/c1-18-3-2-4-20(15-18)25-11-13-26(14-12-25)21-6-5-19(16-23-21)22(29)27-9-7-24(17-28)8-10-27/h2-6,15-17H,7-14H2,1H3. The molecule has 152 valence electrons. The van der Waals surface area contributed by atoms with E-state index in [2.05, 4.69) is 46.0 Å². The minimum absolute atomic E-state index is 0.0149. The number of anilines is 2. The molecule has 0 atom stereocenters. The first-order valence-corrected chi connectivity index (χ1v) is 10.2. The van der Waals surface area contributed by atoms with Crippen molar-refractivity contribution in [1.82, 2.24) is 14.8 Å². The molecule has 3 heterocycles. The molecule has 2 saturated heterocycles. The average molecular weight is 393 g/mol. The van der Waals surface area contributed by atoms with E-state index < -0.39 is 0 Å². The highest BCUT2D eigenvalue weighted by Crippen LogP contribution is 2.20. The van der Waals surface area contributed by atoms with Gasteiger partial charge in [0, 0.05) is 64.2 Å². The first kappa shape index (κ1) is 19.2. The second-order valence-corrected chi connectivity index (χ2v) is 7.65. The molecule has 0 bridgehead atoms. The van der Waals surface area contributed by atoms with Gasteiger partial charge in [0.1, 0.15) is 5.82 Å². The number of benzene rings is 1. The molecule has 0 radical (unpaired) electrons. The number of hydrogen-bond donors (Lipinski definition) is 0. The van der Waals surface area contributed by atoms with E-state index in [-0.39, 0.29) is 5.91 Å². The van der Waals surface area contributed by atoms with E-state index in [1.54, 1.807) is 16.0 Å². The number of amides is 2. The molecule has 7 heteroatoms. The maximum Gasteiger partial charge on any atom is 0.255 e. The van der Waals surface area contributed by atoms with E-state index in [4.69, 9.17) is 0 Å². The molecular weight excluding hydrogens is 366 g/mol. The summed E-state index contributed by atoms with van der Waals surface area (Å²) in [6.45, 7) is 8.15. The number of pyridine rings is 1. The van der Waals surface area contributed by atoms with Crippen LogP contribution < -0.4 is 9.80 Å². The van der Waals surface area contributed by atoms with Crippen molar-refractivity contribution in [2.45, 2.75) is 6.92 Å². The minimum atomic E-state index is -0.0149. The van der Waals surface area contributed by atoms with Crippen molar-refractivity contribution in [2.75, 3.05) is 62.2 Å². The lowest BCUT2D eigenvalue weighted by Gasteiger charge is -2.37. The summed E-state index contributed by atoms with van der Waals surface area (Å²) in [4.78, 5) is 36.2. The first-order chi connectivity index (χ1) is 14.1. The molecule has 2 amide bonds. The Kier molecular flexibility index (Phi) is 5.64. The second kappa shape index (κ2) is 8.51. The lowest BCUT2D eigenvalue weighted by Crippen LogP contribution is -2.48. The molecule has 2 aliphatic rings. The SMILES string of the molecule is Cc1cccc(N2CCN(c3ccc(C(=O)N4CCN(C=O)CC4)cn3)CC2)c1. The van der Waals surface area contributed by atoms with Crippen LogP contribution in [0.3, 0.4) is 0 Å². The van der Waals surface area contributed by atoms with Gasteiger partial charge in [-0.25, -0.2) is 4.98 Å². The van der Waals surface area contributed by atoms with Gasteiger partial charge >= 0.3 is 0 Å². The molecule has 0 saturated carbocycles. The highest BCUT2D eigenvalue weighted by molar-refractivity contribution is 5.94. The smallest absolute Gasteiger partial charge is 0.255 e. The van der Waals surface area contributed by atoms with Crippen molar-refractivity contribution in [3.05, 3.63) is 53.7 Å². The fourth-order valence-electron chi connectivity index (χ4n) is 3.93. The second-order valence-electron chi connectivity index (χ2n) is 7.65. The molecule has 4 rings (SSSR count). The molecule has 2 aliphatic heterocycles. The zero-order valence-electron chi connectivity index (χ0n) is 16.8. The molecule has 7 nitrogen and oxygen atoms in total. The zero-order valence-corrected chi connectivity index (χ0v) is 16.8. The van der Waals surface area contributed by atoms with Crippen LogP contribution in [0, 0.1) is 6.92 Å². The van der Waals surface area contributed by atoms with Gasteiger partial charge in [-0.05, 0) is 36.8 Å². The third kappa shape index (κ3) is 4.34. The predicted molar refractivity (Wildman–Crippen MR) is 113 cm³/mol. The number of piperazine rings is 2. The summed E-state index contributed by atoms with van der Waals surface area (Å²) in [7, 11) is 0. The van der Waals surface area contributed by atoms with Crippen LogP contribution in [-0.4, -0.2) is 79.5 Å². The van der Waals surface area contributed by atoms with Gasteiger partial charge in [-0.1, -0.05) is 12.1 Å². The number of rotatable bonds is 4. The Hall–Kier alpha value is -3.09. The van der Waals surface area contributed by atoms with Crippen LogP contribution >= 0.6 is 0 Å². The summed E-state index contributed by atoms with van der Waals surface area (Å²) in [6.07, 6.45) is 2.52. The van der Waals surface area contributed by atoms with E-state index in [1.165, 1.54) is 11.3 Å². The molecular formula is C22H27N5O2. The van der Waals surface area contributed by atoms with Crippen molar-refractivity contribution < 1.29 is 9.59 Å². The van der Waals surface area contributed by atoms with Crippen molar-refractivity contribution in [3.63, 3.8) is 0 Å². The zero-order chi connectivity index (χ0) is 20.2. The maximum atomic E-state index is 12.7. The monoisotopic (exact) mass is 393 g/mol. The first-order valence-electron chi connectivity index (χ1n) is 10.2. The molecule has 29 heavy (non-hydrogen) atoms. The molecule has 1 aromatic carbocycles. The Labute approximate surface area is 171 Å².